The van der Waals surface area contributed by atoms with Gasteiger partial charge in [0.1, 0.15) is 0 Å². The average molecular weight is 336 g/mol. The molecule has 0 aliphatic carbocycles. The Balaban J connectivity index is 2.30. The Labute approximate surface area is 129 Å². The van der Waals surface area contributed by atoms with Crippen LogP contribution in [0.4, 0.5) is 0 Å². The molecule has 1 heterocycles. The zero-order valence-corrected chi connectivity index (χ0v) is 14.2. The molecule has 0 fully saturated rings. The van der Waals surface area contributed by atoms with Crippen molar-refractivity contribution in [2.45, 2.75) is 26.2 Å². The van der Waals surface area contributed by atoms with Crippen molar-refractivity contribution in [2.75, 3.05) is 13.6 Å². The number of hydrogen-bond donors (Lipinski definition) is 1. The van der Waals surface area contributed by atoms with Crippen LogP contribution in [0.1, 0.15) is 28.4 Å². The molecular weight excluding hydrogens is 314 g/mol. The number of rotatable bonds is 5. The zero-order valence-electron chi connectivity index (χ0n) is 12.6. The van der Waals surface area contributed by atoms with Crippen molar-refractivity contribution in [3.8, 4) is 0 Å². The molecule has 0 saturated heterocycles. The zero-order chi connectivity index (χ0) is 14.7. The minimum atomic E-state index is 0.450. The molecule has 0 aliphatic rings. The maximum Gasteiger partial charge on any atom is 0.0738 e. The smallest absolute Gasteiger partial charge is 0.0738 e. The number of likely N-dealkylation sites (N-methyl/N-ethyl adjacent to an activating group) is 1. The topological polar surface area (TPSA) is 29.9 Å². The van der Waals surface area contributed by atoms with Gasteiger partial charge in [-0.25, -0.2) is 0 Å². The lowest BCUT2D eigenvalue weighted by Crippen LogP contribution is -2.20. The Bertz CT molecular complexity index is 589. The first-order chi connectivity index (χ1) is 9.52. The molecule has 20 heavy (non-hydrogen) atoms. The van der Waals surface area contributed by atoms with Crippen LogP contribution in [0.2, 0.25) is 0 Å². The molecule has 1 unspecified atom stereocenters. The summed E-state index contributed by atoms with van der Waals surface area (Å²) in [7, 11) is 4.02. The highest BCUT2D eigenvalue weighted by Gasteiger charge is 2.18. The number of aryl methyl sites for hydroxylation is 3. The third kappa shape index (κ3) is 3.30. The summed E-state index contributed by atoms with van der Waals surface area (Å²) in [5, 5.41) is 7.79. The molecule has 3 nitrogen and oxygen atoms in total. The third-order valence-corrected chi connectivity index (χ3v) is 4.70. The number of aromatic nitrogens is 2. The van der Waals surface area contributed by atoms with Crippen LogP contribution in [-0.2, 0) is 13.5 Å². The van der Waals surface area contributed by atoms with E-state index in [1.54, 1.807) is 0 Å². The summed E-state index contributed by atoms with van der Waals surface area (Å²) in [4.78, 5) is 0. The summed E-state index contributed by atoms with van der Waals surface area (Å²) in [6, 6.07) is 8.77. The third-order valence-electron chi connectivity index (χ3n) is 3.67. The van der Waals surface area contributed by atoms with E-state index in [2.05, 4.69) is 57.5 Å². The first-order valence-corrected chi connectivity index (χ1v) is 7.71. The van der Waals surface area contributed by atoms with Gasteiger partial charge in [-0.1, -0.05) is 29.8 Å². The maximum absolute atomic E-state index is 4.48. The standard InChI is InChI=1S/C16H22BrN3/c1-11-6-5-7-13(8-11)14(10-18-3)9-15-16(17)12(2)19-20(15)4/h5-8,14,18H,9-10H2,1-4H3. The fourth-order valence-corrected chi connectivity index (χ4v) is 3.11. The molecule has 2 rings (SSSR count). The number of halogens is 1. The number of hydrogen-bond acceptors (Lipinski definition) is 2. The van der Waals surface area contributed by atoms with Crippen molar-refractivity contribution in [3.05, 3.63) is 51.3 Å². The first-order valence-electron chi connectivity index (χ1n) is 6.92. The van der Waals surface area contributed by atoms with Crippen molar-refractivity contribution in [2.24, 2.45) is 7.05 Å². The molecule has 0 spiro atoms. The van der Waals surface area contributed by atoms with Gasteiger partial charge in [0.25, 0.3) is 0 Å². The number of nitrogens with one attached hydrogen (secondary N) is 1. The normalized spacial score (nSPS) is 12.7. The summed E-state index contributed by atoms with van der Waals surface area (Å²) >= 11 is 3.66. The predicted molar refractivity (Wildman–Crippen MR) is 87.2 cm³/mol. The quantitative estimate of drug-likeness (QED) is 0.908. The number of nitrogens with zero attached hydrogens (tertiary/aromatic N) is 2. The lowest BCUT2D eigenvalue weighted by molar-refractivity contribution is 0.589. The van der Waals surface area contributed by atoms with E-state index in [-0.39, 0.29) is 0 Å². The van der Waals surface area contributed by atoms with Gasteiger partial charge in [0.15, 0.2) is 0 Å². The van der Waals surface area contributed by atoms with Crippen molar-refractivity contribution in [1.82, 2.24) is 15.1 Å². The SMILES string of the molecule is CNCC(Cc1c(Br)c(C)nn1C)c1cccc(C)c1. The Kier molecular flexibility index (Phi) is 5.00. The van der Waals surface area contributed by atoms with Gasteiger partial charge in [-0.2, -0.15) is 5.10 Å². The van der Waals surface area contributed by atoms with Crippen molar-refractivity contribution >= 4 is 15.9 Å². The summed E-state index contributed by atoms with van der Waals surface area (Å²) < 4.78 is 3.12. The largest absolute Gasteiger partial charge is 0.319 e. The lowest BCUT2D eigenvalue weighted by atomic mass is 9.93. The monoisotopic (exact) mass is 335 g/mol. The minimum Gasteiger partial charge on any atom is -0.319 e. The fraction of sp³-hybridized carbons (Fsp3) is 0.438. The van der Waals surface area contributed by atoms with Gasteiger partial charge in [0, 0.05) is 19.5 Å². The van der Waals surface area contributed by atoms with Crippen molar-refractivity contribution in [1.29, 1.82) is 0 Å². The Hall–Kier alpha value is -1.13. The van der Waals surface area contributed by atoms with Crippen LogP contribution < -0.4 is 5.32 Å². The van der Waals surface area contributed by atoms with E-state index in [9.17, 15) is 0 Å². The van der Waals surface area contributed by atoms with Crippen LogP contribution in [0.15, 0.2) is 28.7 Å². The molecule has 4 heteroatoms. The number of benzene rings is 1. The average Bonchev–Trinajstić information content (AvgIpc) is 2.64. The van der Waals surface area contributed by atoms with E-state index in [1.165, 1.54) is 16.8 Å². The molecule has 0 radical (unpaired) electrons. The van der Waals surface area contributed by atoms with Gasteiger partial charge in [-0.15, -0.1) is 0 Å². The van der Waals surface area contributed by atoms with E-state index in [0.29, 0.717) is 5.92 Å². The van der Waals surface area contributed by atoms with Gasteiger partial charge < -0.3 is 5.32 Å². The highest BCUT2D eigenvalue weighted by atomic mass is 79.9. The predicted octanol–water partition coefficient (Wildman–Crippen LogP) is 3.35. The summed E-state index contributed by atoms with van der Waals surface area (Å²) in [5.41, 5.74) is 4.99. The van der Waals surface area contributed by atoms with Crippen LogP contribution in [-0.4, -0.2) is 23.4 Å². The Morgan fingerprint density at radius 3 is 2.65 bits per heavy atom. The van der Waals surface area contributed by atoms with Gasteiger partial charge in [0.2, 0.25) is 0 Å². The first kappa shape index (κ1) is 15.3. The van der Waals surface area contributed by atoms with E-state index < -0.39 is 0 Å². The molecule has 1 aromatic heterocycles. The lowest BCUT2D eigenvalue weighted by Gasteiger charge is -2.18. The second kappa shape index (κ2) is 6.55. The molecule has 1 N–H and O–H groups in total. The second-order valence-corrected chi connectivity index (χ2v) is 6.14. The van der Waals surface area contributed by atoms with E-state index in [0.717, 1.165) is 23.1 Å². The highest BCUT2D eigenvalue weighted by molar-refractivity contribution is 9.10. The van der Waals surface area contributed by atoms with Crippen LogP contribution in [0, 0.1) is 13.8 Å². The van der Waals surface area contributed by atoms with Crippen LogP contribution in [0.3, 0.4) is 0 Å². The molecular formula is C16H22BrN3. The summed E-state index contributed by atoms with van der Waals surface area (Å²) in [6.07, 6.45) is 0.974. The van der Waals surface area contributed by atoms with Gasteiger partial charge in [-0.05, 0) is 48.8 Å². The summed E-state index contributed by atoms with van der Waals surface area (Å²) in [5.74, 6) is 0.450. The fourth-order valence-electron chi connectivity index (χ4n) is 2.61. The minimum absolute atomic E-state index is 0.450. The molecule has 1 atom stereocenters. The van der Waals surface area contributed by atoms with Crippen LogP contribution in [0.5, 0.6) is 0 Å². The van der Waals surface area contributed by atoms with Gasteiger partial charge >= 0.3 is 0 Å². The van der Waals surface area contributed by atoms with E-state index in [4.69, 9.17) is 0 Å². The van der Waals surface area contributed by atoms with Crippen LogP contribution in [0.25, 0.3) is 0 Å². The highest BCUT2D eigenvalue weighted by Crippen LogP contribution is 2.27. The van der Waals surface area contributed by atoms with Gasteiger partial charge in [0.05, 0.1) is 15.9 Å². The molecule has 0 bridgehead atoms. The van der Waals surface area contributed by atoms with E-state index in [1.807, 2.05) is 25.7 Å². The Morgan fingerprint density at radius 2 is 2.10 bits per heavy atom. The molecule has 0 amide bonds. The van der Waals surface area contributed by atoms with E-state index >= 15 is 0 Å². The van der Waals surface area contributed by atoms with Crippen molar-refractivity contribution < 1.29 is 0 Å². The molecule has 0 saturated carbocycles. The molecule has 108 valence electrons. The maximum atomic E-state index is 4.48. The molecule has 1 aromatic carbocycles. The molecule has 2 aromatic rings. The van der Waals surface area contributed by atoms with Gasteiger partial charge in [-0.3, -0.25) is 4.68 Å². The summed E-state index contributed by atoms with van der Waals surface area (Å²) in [6.45, 7) is 5.14. The second-order valence-electron chi connectivity index (χ2n) is 5.34. The van der Waals surface area contributed by atoms with Crippen molar-refractivity contribution in [3.63, 3.8) is 0 Å². The van der Waals surface area contributed by atoms with Crippen LogP contribution >= 0.6 is 15.9 Å². The Morgan fingerprint density at radius 1 is 1.35 bits per heavy atom. The molecule has 0 aliphatic heterocycles.